The molecule has 0 saturated heterocycles. The number of nitrogens with one attached hydrogen (secondary N) is 1. The van der Waals surface area contributed by atoms with Gasteiger partial charge in [-0.3, -0.25) is 14.5 Å². The molecule has 2 aromatic rings. The third-order valence-corrected chi connectivity index (χ3v) is 4.97. The number of methoxy groups -OCH3 is 2. The first kappa shape index (κ1) is 20.7. The Balaban J connectivity index is 1.42. The topological polar surface area (TPSA) is 85.7 Å². The molecule has 0 spiro atoms. The van der Waals surface area contributed by atoms with Crippen LogP contribution in [0, 0.1) is 6.92 Å². The molecule has 8 nitrogen and oxygen atoms in total. The van der Waals surface area contributed by atoms with Gasteiger partial charge in [0.1, 0.15) is 5.82 Å². The van der Waals surface area contributed by atoms with Crippen LogP contribution in [0.5, 0.6) is 11.5 Å². The number of ether oxygens (including phenoxy) is 2. The maximum absolute atomic E-state index is 12.2. The lowest BCUT2D eigenvalue weighted by atomic mass is 10.1. The molecule has 2 heterocycles. The summed E-state index contributed by atoms with van der Waals surface area (Å²) in [6, 6.07) is 7.65. The van der Waals surface area contributed by atoms with Gasteiger partial charge in [-0.15, -0.1) is 0 Å². The third-order valence-electron chi connectivity index (χ3n) is 4.97. The summed E-state index contributed by atoms with van der Waals surface area (Å²) in [6.45, 7) is 3.60. The summed E-state index contributed by atoms with van der Waals surface area (Å²) in [4.78, 5) is 26.1. The molecule has 1 aliphatic rings. The van der Waals surface area contributed by atoms with Crippen molar-refractivity contribution in [3.63, 3.8) is 0 Å². The second-order valence-corrected chi connectivity index (χ2v) is 7.06. The molecule has 156 valence electrons. The third kappa shape index (κ3) is 5.07. The van der Waals surface area contributed by atoms with Gasteiger partial charge < -0.3 is 14.8 Å². The van der Waals surface area contributed by atoms with Gasteiger partial charge in [-0.2, -0.15) is 5.10 Å². The summed E-state index contributed by atoms with van der Waals surface area (Å²) < 4.78 is 12.4. The number of hydrogen-bond acceptors (Lipinski definition) is 5. The van der Waals surface area contributed by atoms with E-state index in [4.69, 9.17) is 9.47 Å². The second-order valence-electron chi connectivity index (χ2n) is 7.06. The molecule has 1 aromatic carbocycles. The Bertz CT molecular complexity index is 878. The Kier molecular flexibility index (Phi) is 6.74. The van der Waals surface area contributed by atoms with Gasteiger partial charge in [0.2, 0.25) is 11.8 Å². The van der Waals surface area contributed by atoms with Crippen LogP contribution in [0.2, 0.25) is 0 Å². The van der Waals surface area contributed by atoms with Crippen molar-refractivity contribution in [2.45, 2.75) is 39.2 Å². The SMILES string of the molecule is COc1ccc(CCNC(=O)CCCN2C(=O)CCn3nc(C)cc32)cc1OC. The highest BCUT2D eigenvalue weighted by molar-refractivity contribution is 5.93. The van der Waals surface area contributed by atoms with E-state index in [2.05, 4.69) is 10.4 Å². The first-order valence-corrected chi connectivity index (χ1v) is 9.84. The van der Waals surface area contributed by atoms with E-state index in [1.807, 2.05) is 35.9 Å². The molecule has 0 aliphatic carbocycles. The highest BCUT2D eigenvalue weighted by Gasteiger charge is 2.25. The molecule has 1 N–H and O–H groups in total. The molecule has 3 rings (SSSR count). The molecule has 29 heavy (non-hydrogen) atoms. The number of rotatable bonds is 9. The van der Waals surface area contributed by atoms with Crippen molar-refractivity contribution in [2.24, 2.45) is 0 Å². The standard InChI is InChI=1S/C21H28N4O4/c1-15-13-20-24(21(27)9-12-25(20)23-15)11-4-5-19(26)22-10-8-16-6-7-17(28-2)18(14-16)29-3/h6-7,13-14H,4-5,8-12H2,1-3H3,(H,22,26). The number of carbonyl (C=O) groups excluding carboxylic acids is 2. The minimum atomic E-state index is -0.0142. The van der Waals surface area contributed by atoms with Crippen molar-refractivity contribution in [2.75, 3.05) is 32.2 Å². The van der Waals surface area contributed by atoms with Crippen molar-refractivity contribution in [3.8, 4) is 11.5 Å². The van der Waals surface area contributed by atoms with Crippen LogP contribution in [0.15, 0.2) is 24.3 Å². The molecule has 0 radical (unpaired) electrons. The lowest BCUT2D eigenvalue weighted by Gasteiger charge is -2.27. The number of carbonyl (C=O) groups is 2. The summed E-state index contributed by atoms with van der Waals surface area (Å²) in [6.07, 6.45) is 2.14. The number of nitrogens with zero attached hydrogens (tertiary/aromatic N) is 3. The Labute approximate surface area is 170 Å². The Morgan fingerprint density at radius 3 is 2.76 bits per heavy atom. The Morgan fingerprint density at radius 1 is 1.21 bits per heavy atom. The van der Waals surface area contributed by atoms with Crippen LogP contribution in [0.1, 0.15) is 30.5 Å². The summed E-state index contributed by atoms with van der Waals surface area (Å²) in [5.41, 5.74) is 1.96. The summed E-state index contributed by atoms with van der Waals surface area (Å²) >= 11 is 0. The van der Waals surface area contributed by atoms with Gasteiger partial charge in [-0.05, 0) is 37.5 Å². The lowest BCUT2D eigenvalue weighted by Crippen LogP contribution is -2.38. The molecule has 0 saturated carbocycles. The van der Waals surface area contributed by atoms with Crippen LogP contribution in [0.25, 0.3) is 0 Å². The second kappa shape index (κ2) is 9.45. The molecular weight excluding hydrogens is 372 g/mol. The zero-order valence-corrected chi connectivity index (χ0v) is 17.2. The molecule has 0 atom stereocenters. The largest absolute Gasteiger partial charge is 0.493 e. The lowest BCUT2D eigenvalue weighted by molar-refractivity contribution is -0.122. The highest BCUT2D eigenvalue weighted by atomic mass is 16.5. The highest BCUT2D eigenvalue weighted by Crippen LogP contribution is 2.27. The van der Waals surface area contributed by atoms with Crippen LogP contribution in [-0.2, 0) is 22.6 Å². The summed E-state index contributed by atoms with van der Waals surface area (Å²) in [5.74, 6) is 2.26. The van der Waals surface area contributed by atoms with Crippen LogP contribution < -0.4 is 19.7 Å². The van der Waals surface area contributed by atoms with E-state index in [-0.39, 0.29) is 11.8 Å². The fourth-order valence-electron chi connectivity index (χ4n) is 3.49. The number of amides is 2. The zero-order chi connectivity index (χ0) is 20.8. The maximum Gasteiger partial charge on any atom is 0.229 e. The van der Waals surface area contributed by atoms with Gasteiger partial charge in [-0.25, -0.2) is 4.68 Å². The average molecular weight is 400 g/mol. The number of benzene rings is 1. The molecule has 1 aliphatic heterocycles. The average Bonchev–Trinajstić information content (AvgIpc) is 3.10. The first-order valence-electron chi connectivity index (χ1n) is 9.84. The normalized spacial score (nSPS) is 13.2. The van der Waals surface area contributed by atoms with Gasteiger partial charge in [-0.1, -0.05) is 6.07 Å². The van der Waals surface area contributed by atoms with Gasteiger partial charge in [0.25, 0.3) is 0 Å². The first-order chi connectivity index (χ1) is 14.0. The molecule has 2 amide bonds. The molecular formula is C21H28N4O4. The monoisotopic (exact) mass is 400 g/mol. The number of fused-ring (bicyclic) bond motifs is 1. The summed E-state index contributed by atoms with van der Waals surface area (Å²) in [7, 11) is 3.20. The van der Waals surface area contributed by atoms with E-state index in [0.717, 1.165) is 17.1 Å². The van der Waals surface area contributed by atoms with E-state index in [9.17, 15) is 9.59 Å². The van der Waals surface area contributed by atoms with Crippen LogP contribution in [-0.4, -0.2) is 48.9 Å². The molecule has 0 unspecified atom stereocenters. The number of hydrogen-bond donors (Lipinski definition) is 1. The minimum absolute atomic E-state index is 0.0142. The van der Waals surface area contributed by atoms with Gasteiger partial charge in [0, 0.05) is 32.0 Å². The predicted molar refractivity (Wildman–Crippen MR) is 109 cm³/mol. The smallest absolute Gasteiger partial charge is 0.229 e. The predicted octanol–water partition coefficient (Wildman–Crippen LogP) is 2.08. The van der Waals surface area contributed by atoms with E-state index in [1.165, 1.54) is 0 Å². The van der Waals surface area contributed by atoms with Crippen molar-refractivity contribution in [1.82, 2.24) is 15.1 Å². The van der Waals surface area contributed by atoms with E-state index < -0.39 is 0 Å². The van der Waals surface area contributed by atoms with E-state index in [1.54, 1.807) is 19.1 Å². The van der Waals surface area contributed by atoms with E-state index in [0.29, 0.717) is 56.8 Å². The Morgan fingerprint density at radius 2 is 2.00 bits per heavy atom. The molecule has 0 bridgehead atoms. The van der Waals surface area contributed by atoms with Gasteiger partial charge in [0.15, 0.2) is 11.5 Å². The maximum atomic E-state index is 12.2. The van der Waals surface area contributed by atoms with Crippen molar-refractivity contribution >= 4 is 17.6 Å². The quantitative estimate of drug-likeness (QED) is 0.697. The van der Waals surface area contributed by atoms with Gasteiger partial charge in [0.05, 0.1) is 26.5 Å². The van der Waals surface area contributed by atoms with Crippen molar-refractivity contribution in [3.05, 3.63) is 35.5 Å². The zero-order valence-electron chi connectivity index (χ0n) is 17.2. The fraction of sp³-hybridized carbons (Fsp3) is 0.476. The van der Waals surface area contributed by atoms with Crippen molar-refractivity contribution < 1.29 is 19.1 Å². The molecule has 0 fully saturated rings. The molecule has 8 heteroatoms. The van der Waals surface area contributed by atoms with Gasteiger partial charge >= 0.3 is 0 Å². The number of anilines is 1. The molecule has 1 aromatic heterocycles. The van der Waals surface area contributed by atoms with Crippen LogP contribution in [0.4, 0.5) is 5.82 Å². The van der Waals surface area contributed by atoms with E-state index >= 15 is 0 Å². The number of aryl methyl sites for hydroxylation is 2. The van der Waals surface area contributed by atoms with Crippen LogP contribution >= 0.6 is 0 Å². The minimum Gasteiger partial charge on any atom is -0.493 e. The van der Waals surface area contributed by atoms with Crippen LogP contribution in [0.3, 0.4) is 0 Å². The summed E-state index contributed by atoms with van der Waals surface area (Å²) in [5, 5.41) is 7.34. The Hall–Kier alpha value is -3.03. The number of aromatic nitrogens is 2. The van der Waals surface area contributed by atoms with Crippen molar-refractivity contribution in [1.29, 1.82) is 0 Å². The fourth-order valence-corrected chi connectivity index (χ4v) is 3.49.